The fourth-order valence-corrected chi connectivity index (χ4v) is 2.26. The molecule has 2 heterocycles. The quantitative estimate of drug-likeness (QED) is 0.760. The molecule has 5 heteroatoms. The lowest BCUT2D eigenvalue weighted by Gasteiger charge is -2.10. The molecule has 3 rings (SSSR count). The first-order valence-electron chi connectivity index (χ1n) is 6.39. The summed E-state index contributed by atoms with van der Waals surface area (Å²) in [5, 5.41) is 3.91. The summed E-state index contributed by atoms with van der Waals surface area (Å²) in [7, 11) is 0. The van der Waals surface area contributed by atoms with E-state index in [1.165, 1.54) is 0 Å². The molecule has 1 aliphatic heterocycles. The van der Waals surface area contributed by atoms with Gasteiger partial charge in [0.2, 0.25) is 5.91 Å². The van der Waals surface area contributed by atoms with Crippen molar-refractivity contribution >= 4 is 22.5 Å². The molecule has 3 N–H and O–H groups in total. The first-order valence-corrected chi connectivity index (χ1v) is 6.39. The Labute approximate surface area is 111 Å². The van der Waals surface area contributed by atoms with E-state index in [1.807, 2.05) is 37.3 Å². The number of hydrogen-bond donors (Lipinski definition) is 3. The van der Waals surface area contributed by atoms with Gasteiger partial charge >= 0.3 is 0 Å². The lowest BCUT2D eigenvalue weighted by molar-refractivity contribution is -0.117. The second kappa shape index (κ2) is 4.95. The largest absolute Gasteiger partial charge is 0.323 e. The van der Waals surface area contributed by atoms with Gasteiger partial charge < -0.3 is 5.32 Å². The van der Waals surface area contributed by atoms with E-state index < -0.39 is 0 Å². The number of pyridine rings is 1. The number of nitrogens with zero attached hydrogens (tertiary/aromatic N) is 1. The molecule has 1 amide bonds. The van der Waals surface area contributed by atoms with Gasteiger partial charge in [-0.25, -0.2) is 5.43 Å². The molecule has 5 nitrogen and oxygen atoms in total. The molecule has 1 saturated heterocycles. The van der Waals surface area contributed by atoms with Crippen molar-refractivity contribution in [2.45, 2.75) is 25.4 Å². The molecule has 2 aromatic rings. The zero-order chi connectivity index (χ0) is 13.2. The monoisotopic (exact) mass is 256 g/mol. The normalized spacial score (nSPS) is 22.6. The summed E-state index contributed by atoms with van der Waals surface area (Å²) in [6, 6.07) is 9.89. The maximum absolute atomic E-state index is 12.1. The van der Waals surface area contributed by atoms with Crippen molar-refractivity contribution in [3.8, 4) is 0 Å². The van der Waals surface area contributed by atoms with Crippen molar-refractivity contribution in [1.82, 2.24) is 15.8 Å². The molecule has 2 unspecified atom stereocenters. The van der Waals surface area contributed by atoms with E-state index in [2.05, 4.69) is 21.2 Å². The van der Waals surface area contributed by atoms with Gasteiger partial charge in [0.05, 0.1) is 17.4 Å². The predicted octanol–water partition coefficient (Wildman–Crippen LogP) is 1.43. The number of hydrogen-bond acceptors (Lipinski definition) is 4. The molecular formula is C14H16N4O. The molecular weight excluding hydrogens is 240 g/mol. The Bertz CT molecular complexity index is 613. The van der Waals surface area contributed by atoms with Crippen molar-refractivity contribution in [1.29, 1.82) is 0 Å². The number of nitrogens with one attached hydrogen (secondary N) is 3. The highest BCUT2D eigenvalue weighted by atomic mass is 16.2. The summed E-state index contributed by atoms with van der Waals surface area (Å²) in [6.07, 6.45) is 2.47. The fraction of sp³-hybridized carbons (Fsp3) is 0.286. The average Bonchev–Trinajstić information content (AvgIpc) is 2.85. The van der Waals surface area contributed by atoms with Gasteiger partial charge in [-0.1, -0.05) is 18.2 Å². The summed E-state index contributed by atoms with van der Waals surface area (Å²) in [5.74, 6) is -0.0334. The van der Waals surface area contributed by atoms with E-state index in [0.717, 1.165) is 23.0 Å². The number of anilines is 1. The number of fused-ring (bicyclic) bond motifs is 1. The van der Waals surface area contributed by atoms with Crippen molar-refractivity contribution in [2.75, 3.05) is 5.32 Å². The molecule has 0 radical (unpaired) electrons. The minimum atomic E-state index is -0.193. The zero-order valence-corrected chi connectivity index (χ0v) is 10.7. The minimum absolute atomic E-state index is 0.0334. The lowest BCUT2D eigenvalue weighted by atomic mass is 10.1. The second-order valence-corrected chi connectivity index (χ2v) is 4.88. The van der Waals surface area contributed by atoms with Crippen molar-refractivity contribution in [3.63, 3.8) is 0 Å². The first-order chi connectivity index (χ1) is 9.22. The summed E-state index contributed by atoms with van der Waals surface area (Å²) in [6.45, 7) is 2.04. The maximum atomic E-state index is 12.1. The molecule has 1 aromatic carbocycles. The van der Waals surface area contributed by atoms with Crippen LogP contribution in [0.5, 0.6) is 0 Å². The van der Waals surface area contributed by atoms with Gasteiger partial charge in [0.1, 0.15) is 6.04 Å². The van der Waals surface area contributed by atoms with Crippen LogP contribution in [0.2, 0.25) is 0 Å². The number of rotatable bonds is 2. The van der Waals surface area contributed by atoms with E-state index >= 15 is 0 Å². The number of para-hydroxylation sites is 1. The highest BCUT2D eigenvalue weighted by molar-refractivity contribution is 5.96. The number of carbonyl (C=O) groups excluding carboxylic acids is 1. The Kier molecular flexibility index (Phi) is 3.15. The number of aromatic nitrogens is 1. The highest BCUT2D eigenvalue weighted by Gasteiger charge is 2.26. The topological polar surface area (TPSA) is 66.0 Å². The van der Waals surface area contributed by atoms with E-state index in [1.54, 1.807) is 6.20 Å². The Morgan fingerprint density at radius 3 is 3.00 bits per heavy atom. The molecule has 0 aliphatic carbocycles. The SMILES string of the molecule is CC1CC(C(=O)Nc2cnc3ccccc3c2)NN1. The van der Waals surface area contributed by atoms with Crippen LogP contribution >= 0.6 is 0 Å². The van der Waals surface area contributed by atoms with Crippen LogP contribution in [0.1, 0.15) is 13.3 Å². The highest BCUT2D eigenvalue weighted by Crippen LogP contribution is 2.16. The molecule has 1 aromatic heterocycles. The van der Waals surface area contributed by atoms with Gasteiger partial charge in [0.25, 0.3) is 0 Å². The number of amides is 1. The van der Waals surface area contributed by atoms with Crippen molar-refractivity contribution < 1.29 is 4.79 Å². The Hall–Kier alpha value is -1.98. The Balaban J connectivity index is 1.76. The van der Waals surface area contributed by atoms with Crippen molar-refractivity contribution in [2.24, 2.45) is 0 Å². The predicted molar refractivity (Wildman–Crippen MR) is 74.5 cm³/mol. The molecule has 1 aliphatic rings. The van der Waals surface area contributed by atoms with Gasteiger partial charge in [-0.15, -0.1) is 0 Å². The summed E-state index contributed by atoms with van der Waals surface area (Å²) < 4.78 is 0. The van der Waals surface area contributed by atoms with Crippen LogP contribution in [0.3, 0.4) is 0 Å². The number of benzene rings is 1. The Morgan fingerprint density at radius 1 is 1.37 bits per heavy atom. The van der Waals surface area contributed by atoms with Crippen LogP contribution in [-0.4, -0.2) is 23.0 Å². The Morgan fingerprint density at radius 2 is 2.21 bits per heavy atom. The number of hydrazine groups is 1. The minimum Gasteiger partial charge on any atom is -0.323 e. The summed E-state index contributed by atoms with van der Waals surface area (Å²) in [4.78, 5) is 16.4. The van der Waals surface area contributed by atoms with Crippen LogP contribution in [0.4, 0.5) is 5.69 Å². The van der Waals surface area contributed by atoms with Gasteiger partial charge in [-0.3, -0.25) is 15.2 Å². The molecule has 0 bridgehead atoms. The number of carbonyl (C=O) groups is 1. The molecule has 0 spiro atoms. The second-order valence-electron chi connectivity index (χ2n) is 4.88. The van der Waals surface area contributed by atoms with E-state index in [4.69, 9.17) is 0 Å². The van der Waals surface area contributed by atoms with E-state index in [-0.39, 0.29) is 11.9 Å². The van der Waals surface area contributed by atoms with Crippen LogP contribution in [0.15, 0.2) is 36.5 Å². The average molecular weight is 256 g/mol. The molecule has 1 fully saturated rings. The van der Waals surface area contributed by atoms with Gasteiger partial charge in [-0.2, -0.15) is 0 Å². The summed E-state index contributed by atoms with van der Waals surface area (Å²) >= 11 is 0. The third-order valence-electron chi connectivity index (χ3n) is 3.27. The molecule has 2 atom stereocenters. The standard InChI is InChI=1S/C14H16N4O/c1-9-6-13(18-17-9)14(19)16-11-7-10-4-2-3-5-12(10)15-8-11/h2-5,7-9,13,17-18H,6H2,1H3,(H,16,19). The fourth-order valence-electron chi connectivity index (χ4n) is 2.26. The van der Waals surface area contributed by atoms with Gasteiger partial charge in [0, 0.05) is 11.4 Å². The van der Waals surface area contributed by atoms with Crippen LogP contribution in [0, 0.1) is 0 Å². The third-order valence-corrected chi connectivity index (χ3v) is 3.27. The first kappa shape index (κ1) is 12.1. The molecule has 19 heavy (non-hydrogen) atoms. The van der Waals surface area contributed by atoms with E-state index in [0.29, 0.717) is 6.04 Å². The van der Waals surface area contributed by atoms with Crippen LogP contribution < -0.4 is 16.2 Å². The lowest BCUT2D eigenvalue weighted by Crippen LogP contribution is -2.39. The van der Waals surface area contributed by atoms with Crippen LogP contribution in [-0.2, 0) is 4.79 Å². The third kappa shape index (κ3) is 2.57. The molecule has 98 valence electrons. The zero-order valence-electron chi connectivity index (χ0n) is 10.7. The maximum Gasteiger partial charge on any atom is 0.242 e. The summed E-state index contributed by atoms with van der Waals surface area (Å²) in [5.41, 5.74) is 7.67. The van der Waals surface area contributed by atoms with Crippen molar-refractivity contribution in [3.05, 3.63) is 36.5 Å². The molecule has 0 saturated carbocycles. The van der Waals surface area contributed by atoms with Crippen LogP contribution in [0.25, 0.3) is 10.9 Å². The van der Waals surface area contributed by atoms with Gasteiger partial charge in [-0.05, 0) is 25.5 Å². The smallest absolute Gasteiger partial charge is 0.242 e. The van der Waals surface area contributed by atoms with E-state index in [9.17, 15) is 4.79 Å². The van der Waals surface area contributed by atoms with Gasteiger partial charge in [0.15, 0.2) is 0 Å².